The molecule has 1 saturated heterocycles. The van der Waals surface area contributed by atoms with Gasteiger partial charge in [-0.25, -0.2) is 0 Å². The number of nitrogens with zero attached hydrogens (tertiary/aromatic N) is 4. The highest BCUT2D eigenvalue weighted by Crippen LogP contribution is 2.28. The second-order valence-corrected chi connectivity index (χ2v) is 7.78. The standard InChI is InChI=1S/C17H23N5O3S/c1-10(2)18-14(23)16(25)22-7-5-21(6-8-22)15(24)13-9-12-11(3)19-20(4)17(12)26-13/h9-10H,5-8H2,1-4H3,(H,18,23). The van der Waals surface area contributed by atoms with Crippen molar-refractivity contribution >= 4 is 39.3 Å². The topological polar surface area (TPSA) is 87.5 Å². The molecule has 0 bridgehead atoms. The normalized spacial score (nSPS) is 15.0. The molecule has 0 unspecified atom stereocenters. The number of aryl methyl sites for hydroxylation is 2. The summed E-state index contributed by atoms with van der Waals surface area (Å²) in [7, 11) is 1.87. The van der Waals surface area contributed by atoms with Crippen molar-refractivity contribution in [2.45, 2.75) is 26.8 Å². The van der Waals surface area contributed by atoms with E-state index in [2.05, 4.69) is 10.4 Å². The van der Waals surface area contributed by atoms with Gasteiger partial charge in [0.25, 0.3) is 5.91 Å². The summed E-state index contributed by atoms with van der Waals surface area (Å²) in [5.74, 6) is -1.16. The minimum atomic E-state index is -0.591. The van der Waals surface area contributed by atoms with Crippen LogP contribution < -0.4 is 5.32 Å². The van der Waals surface area contributed by atoms with Gasteiger partial charge in [-0.15, -0.1) is 11.3 Å². The maximum Gasteiger partial charge on any atom is 0.312 e. The maximum absolute atomic E-state index is 12.8. The lowest BCUT2D eigenvalue weighted by Gasteiger charge is -2.34. The molecule has 0 aromatic carbocycles. The molecular formula is C17H23N5O3S. The lowest BCUT2D eigenvalue weighted by molar-refractivity contribution is -0.147. The number of thiophene rings is 1. The summed E-state index contributed by atoms with van der Waals surface area (Å²) >= 11 is 1.43. The molecule has 0 saturated carbocycles. The number of amides is 3. The number of aromatic nitrogens is 2. The maximum atomic E-state index is 12.8. The Kier molecular flexibility index (Phi) is 4.99. The Morgan fingerprint density at radius 1 is 1.15 bits per heavy atom. The molecule has 1 fully saturated rings. The molecule has 0 radical (unpaired) electrons. The highest BCUT2D eigenvalue weighted by molar-refractivity contribution is 7.20. The molecule has 0 spiro atoms. The molecule has 9 heteroatoms. The molecule has 3 rings (SSSR count). The van der Waals surface area contributed by atoms with Gasteiger partial charge in [-0.3, -0.25) is 19.1 Å². The summed E-state index contributed by atoms with van der Waals surface area (Å²) in [4.78, 5) is 41.6. The SMILES string of the molecule is Cc1nn(C)c2sc(C(=O)N3CCN(C(=O)C(=O)NC(C)C)CC3)cc12. The largest absolute Gasteiger partial charge is 0.346 e. The van der Waals surface area contributed by atoms with Gasteiger partial charge in [0.2, 0.25) is 0 Å². The Labute approximate surface area is 155 Å². The van der Waals surface area contributed by atoms with Crippen LogP contribution in [0.4, 0.5) is 0 Å². The molecule has 8 nitrogen and oxygen atoms in total. The molecule has 3 heterocycles. The van der Waals surface area contributed by atoms with E-state index in [1.54, 1.807) is 9.58 Å². The zero-order valence-corrected chi connectivity index (χ0v) is 16.2. The molecule has 1 aliphatic heterocycles. The van der Waals surface area contributed by atoms with Crippen molar-refractivity contribution in [3.63, 3.8) is 0 Å². The third kappa shape index (κ3) is 3.44. The Morgan fingerprint density at radius 3 is 2.35 bits per heavy atom. The van der Waals surface area contributed by atoms with E-state index in [0.717, 1.165) is 15.9 Å². The quantitative estimate of drug-likeness (QED) is 0.783. The van der Waals surface area contributed by atoms with Crippen LogP contribution in [0.15, 0.2) is 6.07 Å². The van der Waals surface area contributed by atoms with Gasteiger partial charge in [0.1, 0.15) is 4.83 Å². The van der Waals surface area contributed by atoms with Crippen LogP contribution in [0.1, 0.15) is 29.2 Å². The Bertz CT molecular complexity index is 827. The van der Waals surface area contributed by atoms with Gasteiger partial charge in [0.05, 0.1) is 10.6 Å². The monoisotopic (exact) mass is 377 g/mol. The van der Waals surface area contributed by atoms with Crippen molar-refractivity contribution in [1.29, 1.82) is 0 Å². The van der Waals surface area contributed by atoms with Gasteiger partial charge >= 0.3 is 11.8 Å². The summed E-state index contributed by atoms with van der Waals surface area (Å²) in [5, 5.41) is 7.95. The Morgan fingerprint density at radius 2 is 1.77 bits per heavy atom. The van der Waals surface area contributed by atoms with Crippen LogP contribution in [0.2, 0.25) is 0 Å². The zero-order chi connectivity index (χ0) is 19.0. The van der Waals surface area contributed by atoms with Crippen LogP contribution in [-0.2, 0) is 16.6 Å². The third-order valence-corrected chi connectivity index (χ3v) is 5.56. The highest BCUT2D eigenvalue weighted by Gasteiger charge is 2.29. The second kappa shape index (κ2) is 7.06. The molecule has 0 atom stereocenters. The van der Waals surface area contributed by atoms with Gasteiger partial charge in [-0.05, 0) is 26.8 Å². The van der Waals surface area contributed by atoms with Gasteiger partial charge in [-0.1, -0.05) is 0 Å². The second-order valence-electron chi connectivity index (χ2n) is 6.75. The van der Waals surface area contributed by atoms with E-state index in [4.69, 9.17) is 0 Å². The van der Waals surface area contributed by atoms with Crippen molar-refractivity contribution in [3.8, 4) is 0 Å². The predicted molar refractivity (Wildman–Crippen MR) is 99.1 cm³/mol. The molecule has 1 N–H and O–H groups in total. The fraction of sp³-hybridized carbons (Fsp3) is 0.529. The summed E-state index contributed by atoms with van der Waals surface area (Å²) in [6.07, 6.45) is 0. The number of hydrogen-bond donors (Lipinski definition) is 1. The third-order valence-electron chi connectivity index (χ3n) is 4.38. The van der Waals surface area contributed by atoms with Gasteiger partial charge in [0, 0.05) is 44.7 Å². The van der Waals surface area contributed by atoms with E-state index < -0.39 is 11.8 Å². The molecule has 2 aromatic heterocycles. The van der Waals surface area contributed by atoms with E-state index in [0.29, 0.717) is 31.1 Å². The van der Waals surface area contributed by atoms with Crippen LogP contribution in [0.3, 0.4) is 0 Å². The number of fused-ring (bicyclic) bond motifs is 1. The van der Waals surface area contributed by atoms with E-state index in [1.807, 2.05) is 33.9 Å². The number of carbonyl (C=O) groups excluding carboxylic acids is 3. The van der Waals surface area contributed by atoms with E-state index in [9.17, 15) is 14.4 Å². The molecule has 26 heavy (non-hydrogen) atoms. The minimum absolute atomic E-state index is 0.0377. The summed E-state index contributed by atoms with van der Waals surface area (Å²) in [5.41, 5.74) is 0.907. The van der Waals surface area contributed by atoms with Crippen molar-refractivity contribution in [2.75, 3.05) is 26.2 Å². The number of nitrogens with one attached hydrogen (secondary N) is 1. The van der Waals surface area contributed by atoms with Crippen LogP contribution in [-0.4, -0.2) is 69.5 Å². The summed E-state index contributed by atoms with van der Waals surface area (Å²) < 4.78 is 1.79. The fourth-order valence-corrected chi connectivity index (χ4v) is 4.14. The van der Waals surface area contributed by atoms with Crippen molar-refractivity contribution in [1.82, 2.24) is 24.9 Å². The zero-order valence-electron chi connectivity index (χ0n) is 15.4. The van der Waals surface area contributed by atoms with Crippen LogP contribution in [0.25, 0.3) is 10.2 Å². The first kappa shape index (κ1) is 18.4. The van der Waals surface area contributed by atoms with Gasteiger partial charge < -0.3 is 15.1 Å². The van der Waals surface area contributed by atoms with Crippen LogP contribution in [0.5, 0.6) is 0 Å². The van der Waals surface area contributed by atoms with E-state index >= 15 is 0 Å². The lowest BCUT2D eigenvalue weighted by atomic mass is 10.2. The first-order chi connectivity index (χ1) is 12.3. The molecular weight excluding hydrogens is 354 g/mol. The van der Waals surface area contributed by atoms with E-state index in [-0.39, 0.29) is 11.9 Å². The van der Waals surface area contributed by atoms with Crippen LogP contribution in [0, 0.1) is 6.92 Å². The molecule has 0 aliphatic carbocycles. The average Bonchev–Trinajstić information content (AvgIpc) is 3.15. The number of carbonyl (C=O) groups is 3. The highest BCUT2D eigenvalue weighted by atomic mass is 32.1. The molecule has 140 valence electrons. The molecule has 3 amide bonds. The van der Waals surface area contributed by atoms with E-state index in [1.165, 1.54) is 16.2 Å². The lowest BCUT2D eigenvalue weighted by Crippen LogP contribution is -2.54. The number of piperazine rings is 1. The molecule has 1 aliphatic rings. The number of rotatable bonds is 2. The average molecular weight is 377 g/mol. The van der Waals surface area contributed by atoms with Crippen molar-refractivity contribution < 1.29 is 14.4 Å². The predicted octanol–water partition coefficient (Wildman–Crippen LogP) is 0.752. The summed E-state index contributed by atoms with van der Waals surface area (Å²) in [6, 6.07) is 1.80. The van der Waals surface area contributed by atoms with Gasteiger partial charge in [-0.2, -0.15) is 5.10 Å². The fourth-order valence-electron chi connectivity index (χ4n) is 3.05. The van der Waals surface area contributed by atoms with Crippen molar-refractivity contribution in [2.24, 2.45) is 7.05 Å². The van der Waals surface area contributed by atoms with Crippen molar-refractivity contribution in [3.05, 3.63) is 16.6 Å². The molecule has 2 aromatic rings. The minimum Gasteiger partial charge on any atom is -0.346 e. The Balaban J connectivity index is 1.63. The number of hydrogen-bond acceptors (Lipinski definition) is 5. The van der Waals surface area contributed by atoms with Crippen LogP contribution >= 0.6 is 11.3 Å². The first-order valence-electron chi connectivity index (χ1n) is 8.60. The smallest absolute Gasteiger partial charge is 0.312 e. The Hall–Kier alpha value is -2.42. The summed E-state index contributed by atoms with van der Waals surface area (Å²) in [6.45, 7) is 7.11. The first-order valence-corrected chi connectivity index (χ1v) is 9.41. The van der Waals surface area contributed by atoms with Gasteiger partial charge in [0.15, 0.2) is 0 Å².